The Morgan fingerprint density at radius 3 is 2.64 bits per heavy atom. The first-order valence-corrected chi connectivity index (χ1v) is 7.66. The fourth-order valence-electron chi connectivity index (χ4n) is 1.94. The summed E-state index contributed by atoms with van der Waals surface area (Å²) in [6, 6.07) is 5.83. The number of nitrogens with one attached hydrogen (secondary N) is 1. The molecule has 1 amide bonds. The standard InChI is InChI=1S/C16H18N2O3S/c1-9-5-6-10(2)13(7-9)21-8-14(20)18-16-17-11(3)15(22-16)12(4)19/h5-7H,8H2,1-4H3,(H,17,18,20). The van der Waals surface area contributed by atoms with E-state index in [1.54, 1.807) is 6.92 Å². The third-order valence-corrected chi connectivity index (χ3v) is 4.24. The van der Waals surface area contributed by atoms with E-state index >= 15 is 0 Å². The van der Waals surface area contributed by atoms with Crippen LogP contribution >= 0.6 is 11.3 Å². The fraction of sp³-hybridized carbons (Fsp3) is 0.312. The number of aromatic nitrogens is 1. The van der Waals surface area contributed by atoms with Gasteiger partial charge in [0.1, 0.15) is 5.75 Å². The van der Waals surface area contributed by atoms with Gasteiger partial charge in [0, 0.05) is 6.92 Å². The van der Waals surface area contributed by atoms with Crippen LogP contribution in [-0.2, 0) is 4.79 Å². The summed E-state index contributed by atoms with van der Waals surface area (Å²) in [5, 5.41) is 3.07. The lowest BCUT2D eigenvalue weighted by Gasteiger charge is -2.09. The lowest BCUT2D eigenvalue weighted by Crippen LogP contribution is -2.20. The first-order valence-electron chi connectivity index (χ1n) is 6.85. The minimum atomic E-state index is -0.301. The molecule has 1 aromatic carbocycles. The summed E-state index contributed by atoms with van der Waals surface area (Å²) < 4.78 is 5.53. The van der Waals surface area contributed by atoms with Crippen LogP contribution in [0, 0.1) is 20.8 Å². The lowest BCUT2D eigenvalue weighted by molar-refractivity contribution is -0.118. The summed E-state index contributed by atoms with van der Waals surface area (Å²) in [5.41, 5.74) is 2.67. The number of carbonyl (C=O) groups excluding carboxylic acids is 2. The lowest BCUT2D eigenvalue weighted by atomic mass is 10.1. The number of Topliss-reactive ketones (excluding diaryl/α,β-unsaturated/α-hetero) is 1. The highest BCUT2D eigenvalue weighted by atomic mass is 32.1. The molecule has 116 valence electrons. The Kier molecular flexibility index (Phi) is 4.92. The second-order valence-electron chi connectivity index (χ2n) is 5.10. The van der Waals surface area contributed by atoms with E-state index in [4.69, 9.17) is 4.74 Å². The summed E-state index contributed by atoms with van der Waals surface area (Å²) in [5.74, 6) is 0.335. The molecular weight excluding hydrogens is 300 g/mol. The van der Waals surface area contributed by atoms with Crippen LogP contribution < -0.4 is 10.1 Å². The molecule has 0 unspecified atom stereocenters. The van der Waals surface area contributed by atoms with Gasteiger partial charge in [0.15, 0.2) is 17.5 Å². The van der Waals surface area contributed by atoms with Crippen LogP contribution in [0.2, 0.25) is 0 Å². The number of ether oxygens (including phenoxy) is 1. The second kappa shape index (κ2) is 6.70. The van der Waals surface area contributed by atoms with E-state index in [-0.39, 0.29) is 18.3 Å². The van der Waals surface area contributed by atoms with E-state index in [0.29, 0.717) is 21.5 Å². The van der Waals surface area contributed by atoms with Crippen LogP contribution in [0.25, 0.3) is 0 Å². The van der Waals surface area contributed by atoms with Crippen molar-refractivity contribution in [1.82, 2.24) is 4.98 Å². The Morgan fingerprint density at radius 2 is 2.00 bits per heavy atom. The van der Waals surface area contributed by atoms with Gasteiger partial charge in [0.2, 0.25) is 0 Å². The van der Waals surface area contributed by atoms with Crippen LogP contribution in [0.4, 0.5) is 5.13 Å². The van der Waals surface area contributed by atoms with E-state index < -0.39 is 0 Å². The SMILES string of the molecule is CC(=O)c1sc(NC(=O)COc2cc(C)ccc2C)nc1C. The average Bonchev–Trinajstić information content (AvgIpc) is 2.80. The first-order chi connectivity index (χ1) is 10.4. The molecule has 0 fully saturated rings. The highest BCUT2D eigenvalue weighted by Crippen LogP contribution is 2.23. The van der Waals surface area contributed by atoms with E-state index in [2.05, 4.69) is 10.3 Å². The zero-order chi connectivity index (χ0) is 16.3. The molecule has 6 heteroatoms. The minimum absolute atomic E-state index is 0.0536. The molecule has 1 N–H and O–H groups in total. The van der Waals surface area contributed by atoms with E-state index in [1.165, 1.54) is 18.3 Å². The van der Waals surface area contributed by atoms with Crippen molar-refractivity contribution in [2.24, 2.45) is 0 Å². The van der Waals surface area contributed by atoms with E-state index in [0.717, 1.165) is 11.1 Å². The van der Waals surface area contributed by atoms with Gasteiger partial charge in [-0.3, -0.25) is 14.9 Å². The van der Waals surface area contributed by atoms with Crippen molar-refractivity contribution in [1.29, 1.82) is 0 Å². The van der Waals surface area contributed by atoms with Gasteiger partial charge in [-0.1, -0.05) is 23.5 Å². The number of anilines is 1. The molecule has 0 aliphatic carbocycles. The largest absolute Gasteiger partial charge is 0.483 e. The molecule has 2 aromatic rings. The van der Waals surface area contributed by atoms with Crippen LogP contribution in [0.5, 0.6) is 5.75 Å². The normalized spacial score (nSPS) is 10.4. The molecule has 0 radical (unpaired) electrons. The van der Waals surface area contributed by atoms with E-state index in [1.807, 2.05) is 32.0 Å². The van der Waals surface area contributed by atoms with Gasteiger partial charge >= 0.3 is 0 Å². The maximum absolute atomic E-state index is 11.9. The Morgan fingerprint density at radius 1 is 1.27 bits per heavy atom. The average molecular weight is 318 g/mol. The molecule has 2 rings (SSSR count). The number of hydrogen-bond acceptors (Lipinski definition) is 5. The van der Waals surface area contributed by atoms with Crippen LogP contribution in [0.1, 0.15) is 33.4 Å². The van der Waals surface area contributed by atoms with Crippen molar-refractivity contribution in [2.45, 2.75) is 27.7 Å². The second-order valence-corrected chi connectivity index (χ2v) is 6.09. The van der Waals surface area contributed by atoms with Gasteiger partial charge in [-0.2, -0.15) is 0 Å². The molecule has 0 atom stereocenters. The van der Waals surface area contributed by atoms with Crippen molar-refractivity contribution >= 4 is 28.2 Å². The van der Waals surface area contributed by atoms with Gasteiger partial charge in [-0.05, 0) is 38.0 Å². The maximum atomic E-state index is 11.9. The third kappa shape index (κ3) is 3.92. The van der Waals surface area contributed by atoms with Gasteiger partial charge in [0.05, 0.1) is 10.6 Å². The molecule has 0 spiro atoms. The number of carbonyl (C=O) groups is 2. The Hall–Kier alpha value is -2.21. The number of nitrogens with zero attached hydrogens (tertiary/aromatic N) is 1. The molecule has 1 heterocycles. The first kappa shape index (κ1) is 16.2. The van der Waals surface area contributed by atoms with Crippen molar-refractivity contribution < 1.29 is 14.3 Å². The number of thiazole rings is 1. The Labute approximate surface area is 133 Å². The summed E-state index contributed by atoms with van der Waals surface area (Å²) >= 11 is 1.18. The number of ketones is 1. The molecular formula is C16H18N2O3S. The topological polar surface area (TPSA) is 68.3 Å². The maximum Gasteiger partial charge on any atom is 0.264 e. The third-order valence-electron chi connectivity index (χ3n) is 3.07. The number of rotatable bonds is 5. The Bertz CT molecular complexity index is 722. The molecule has 1 aromatic heterocycles. The van der Waals surface area contributed by atoms with Crippen molar-refractivity contribution in [3.8, 4) is 5.75 Å². The zero-order valence-electron chi connectivity index (χ0n) is 13.0. The molecule has 22 heavy (non-hydrogen) atoms. The van der Waals surface area contributed by atoms with E-state index in [9.17, 15) is 9.59 Å². The number of amides is 1. The Balaban J connectivity index is 1.97. The summed E-state index contributed by atoms with van der Waals surface area (Å²) in [7, 11) is 0. The summed E-state index contributed by atoms with van der Waals surface area (Å²) in [4.78, 5) is 28.0. The van der Waals surface area contributed by atoms with Crippen molar-refractivity contribution in [3.63, 3.8) is 0 Å². The molecule has 0 aliphatic rings. The van der Waals surface area contributed by atoms with Crippen LogP contribution in [0.3, 0.4) is 0 Å². The predicted octanol–water partition coefficient (Wildman–Crippen LogP) is 3.29. The summed E-state index contributed by atoms with van der Waals surface area (Å²) in [6.07, 6.45) is 0. The molecule has 5 nitrogen and oxygen atoms in total. The van der Waals surface area contributed by atoms with Gasteiger partial charge in [-0.15, -0.1) is 0 Å². The van der Waals surface area contributed by atoms with Crippen molar-refractivity contribution in [3.05, 3.63) is 39.9 Å². The van der Waals surface area contributed by atoms with Crippen molar-refractivity contribution in [2.75, 3.05) is 11.9 Å². The van der Waals surface area contributed by atoms with Crippen LogP contribution in [-0.4, -0.2) is 23.3 Å². The highest BCUT2D eigenvalue weighted by molar-refractivity contribution is 7.17. The van der Waals surface area contributed by atoms with Gasteiger partial charge < -0.3 is 4.74 Å². The number of hydrogen-bond donors (Lipinski definition) is 1. The van der Waals surface area contributed by atoms with Crippen LogP contribution in [0.15, 0.2) is 18.2 Å². The smallest absolute Gasteiger partial charge is 0.264 e. The molecule has 0 saturated carbocycles. The predicted molar refractivity (Wildman–Crippen MR) is 86.9 cm³/mol. The molecule has 0 aliphatic heterocycles. The number of benzene rings is 1. The van der Waals surface area contributed by atoms with Gasteiger partial charge in [0.25, 0.3) is 5.91 Å². The molecule has 0 saturated heterocycles. The monoisotopic (exact) mass is 318 g/mol. The highest BCUT2D eigenvalue weighted by Gasteiger charge is 2.13. The zero-order valence-corrected chi connectivity index (χ0v) is 13.8. The van der Waals surface area contributed by atoms with Gasteiger partial charge in [-0.25, -0.2) is 4.98 Å². The summed E-state index contributed by atoms with van der Waals surface area (Å²) in [6.45, 7) is 7.02. The quantitative estimate of drug-likeness (QED) is 0.859. The molecule has 0 bridgehead atoms. The minimum Gasteiger partial charge on any atom is -0.483 e. The number of aryl methyl sites for hydroxylation is 3. The fourth-order valence-corrected chi connectivity index (χ4v) is 2.82.